The number of carbonyl (C=O) groups excluding carboxylic acids is 1. The molecule has 2 aromatic rings. The van der Waals surface area contributed by atoms with Crippen molar-refractivity contribution in [3.63, 3.8) is 0 Å². The van der Waals surface area contributed by atoms with Crippen LogP contribution in [0.25, 0.3) is 11.5 Å². The molecule has 21 heavy (non-hydrogen) atoms. The van der Waals surface area contributed by atoms with Gasteiger partial charge in [-0.05, 0) is 37.1 Å². The molecule has 1 aliphatic carbocycles. The summed E-state index contributed by atoms with van der Waals surface area (Å²) in [7, 11) is 1.62. The van der Waals surface area contributed by atoms with Gasteiger partial charge >= 0.3 is 0 Å². The molecule has 1 N–H and O–H groups in total. The zero-order chi connectivity index (χ0) is 14.7. The average Bonchev–Trinajstić information content (AvgIpc) is 3.19. The van der Waals surface area contributed by atoms with Crippen LogP contribution in [-0.4, -0.2) is 29.3 Å². The maximum atomic E-state index is 11.6. The molecule has 6 heteroatoms. The van der Waals surface area contributed by atoms with Crippen LogP contribution >= 0.6 is 0 Å². The van der Waals surface area contributed by atoms with E-state index in [1.807, 2.05) is 24.3 Å². The molecule has 0 aliphatic heterocycles. The van der Waals surface area contributed by atoms with Crippen LogP contribution < -0.4 is 10.1 Å². The van der Waals surface area contributed by atoms with Crippen molar-refractivity contribution in [3.8, 4) is 17.2 Å². The first kappa shape index (κ1) is 13.6. The van der Waals surface area contributed by atoms with Crippen LogP contribution in [0.5, 0.6) is 5.75 Å². The molecule has 110 valence electrons. The SMILES string of the molecule is COc1ccc(-c2nnc(CCC(=O)NC3CC3)o2)cc1. The highest BCUT2D eigenvalue weighted by molar-refractivity contribution is 5.76. The molecular formula is C15H17N3O3. The summed E-state index contributed by atoms with van der Waals surface area (Å²) in [5.74, 6) is 1.75. The second kappa shape index (κ2) is 5.95. The number of amides is 1. The van der Waals surface area contributed by atoms with Crippen molar-refractivity contribution in [2.75, 3.05) is 7.11 Å². The van der Waals surface area contributed by atoms with Crippen molar-refractivity contribution in [2.45, 2.75) is 31.7 Å². The molecule has 1 aliphatic rings. The smallest absolute Gasteiger partial charge is 0.247 e. The lowest BCUT2D eigenvalue weighted by molar-refractivity contribution is -0.121. The van der Waals surface area contributed by atoms with E-state index in [0.717, 1.165) is 24.2 Å². The van der Waals surface area contributed by atoms with Crippen LogP contribution in [0.3, 0.4) is 0 Å². The first-order valence-corrected chi connectivity index (χ1v) is 7.01. The van der Waals surface area contributed by atoms with E-state index in [4.69, 9.17) is 9.15 Å². The number of carbonyl (C=O) groups is 1. The maximum Gasteiger partial charge on any atom is 0.247 e. The van der Waals surface area contributed by atoms with Gasteiger partial charge in [-0.2, -0.15) is 0 Å². The van der Waals surface area contributed by atoms with E-state index in [0.29, 0.717) is 30.7 Å². The molecule has 3 rings (SSSR count). The first-order valence-electron chi connectivity index (χ1n) is 7.01. The summed E-state index contributed by atoms with van der Waals surface area (Å²) in [4.78, 5) is 11.6. The van der Waals surface area contributed by atoms with E-state index in [9.17, 15) is 4.79 Å². The summed E-state index contributed by atoms with van der Waals surface area (Å²) >= 11 is 0. The Hall–Kier alpha value is -2.37. The number of benzene rings is 1. The highest BCUT2D eigenvalue weighted by atomic mass is 16.5. The molecule has 1 saturated carbocycles. The Balaban J connectivity index is 1.58. The molecule has 1 fully saturated rings. The molecule has 0 radical (unpaired) electrons. The van der Waals surface area contributed by atoms with E-state index >= 15 is 0 Å². The summed E-state index contributed by atoms with van der Waals surface area (Å²) in [6.07, 6.45) is 3.02. The minimum Gasteiger partial charge on any atom is -0.497 e. The van der Waals surface area contributed by atoms with Gasteiger partial charge in [0.15, 0.2) is 0 Å². The largest absolute Gasteiger partial charge is 0.497 e. The number of nitrogens with zero attached hydrogens (tertiary/aromatic N) is 2. The van der Waals surface area contributed by atoms with Gasteiger partial charge in [-0.3, -0.25) is 4.79 Å². The van der Waals surface area contributed by atoms with Crippen LogP contribution in [0.4, 0.5) is 0 Å². The predicted octanol–water partition coefficient (Wildman–Crippen LogP) is 1.96. The molecule has 6 nitrogen and oxygen atoms in total. The molecule has 1 aromatic heterocycles. The third-order valence-electron chi connectivity index (χ3n) is 3.31. The molecule has 0 saturated heterocycles. The molecule has 0 unspecified atom stereocenters. The van der Waals surface area contributed by atoms with E-state index in [1.54, 1.807) is 7.11 Å². The standard InChI is InChI=1S/C15H17N3O3/c1-20-12-6-2-10(3-7-12)15-18-17-14(21-15)9-8-13(19)16-11-4-5-11/h2-3,6-7,11H,4-5,8-9H2,1H3,(H,16,19). The van der Waals surface area contributed by atoms with Crippen molar-refractivity contribution >= 4 is 5.91 Å². The van der Waals surface area contributed by atoms with Gasteiger partial charge in [0.05, 0.1) is 7.11 Å². The van der Waals surface area contributed by atoms with Crippen LogP contribution in [0.2, 0.25) is 0 Å². The Kier molecular flexibility index (Phi) is 3.85. The number of rotatable bonds is 6. The van der Waals surface area contributed by atoms with Crippen LogP contribution in [0, 0.1) is 0 Å². The summed E-state index contributed by atoms with van der Waals surface area (Å²) in [6.45, 7) is 0. The Labute approximate surface area is 122 Å². The highest BCUT2D eigenvalue weighted by Gasteiger charge is 2.23. The Morgan fingerprint density at radius 2 is 2.10 bits per heavy atom. The average molecular weight is 287 g/mol. The van der Waals surface area contributed by atoms with Crippen molar-refractivity contribution < 1.29 is 13.9 Å². The Bertz CT molecular complexity index is 617. The molecule has 0 atom stereocenters. The number of nitrogens with one attached hydrogen (secondary N) is 1. The van der Waals surface area contributed by atoms with E-state index in [-0.39, 0.29) is 5.91 Å². The van der Waals surface area contributed by atoms with Gasteiger partial charge in [0.1, 0.15) is 5.75 Å². The molecule has 0 spiro atoms. The summed E-state index contributed by atoms with van der Waals surface area (Å²) in [6, 6.07) is 7.77. The second-order valence-corrected chi connectivity index (χ2v) is 5.07. The maximum absolute atomic E-state index is 11.6. The highest BCUT2D eigenvalue weighted by Crippen LogP contribution is 2.22. The van der Waals surface area contributed by atoms with E-state index in [2.05, 4.69) is 15.5 Å². The van der Waals surface area contributed by atoms with E-state index in [1.165, 1.54) is 0 Å². The zero-order valence-corrected chi connectivity index (χ0v) is 11.8. The van der Waals surface area contributed by atoms with Crippen molar-refractivity contribution in [1.82, 2.24) is 15.5 Å². The van der Waals surface area contributed by atoms with Crippen molar-refractivity contribution in [3.05, 3.63) is 30.2 Å². The number of aryl methyl sites for hydroxylation is 1. The fourth-order valence-corrected chi connectivity index (χ4v) is 1.95. The van der Waals surface area contributed by atoms with Gasteiger partial charge in [0.25, 0.3) is 0 Å². The van der Waals surface area contributed by atoms with Gasteiger partial charge in [-0.15, -0.1) is 10.2 Å². The Morgan fingerprint density at radius 1 is 1.33 bits per heavy atom. The predicted molar refractivity (Wildman–Crippen MR) is 75.8 cm³/mol. The lowest BCUT2D eigenvalue weighted by atomic mass is 10.2. The van der Waals surface area contributed by atoms with Crippen molar-refractivity contribution in [1.29, 1.82) is 0 Å². The number of aromatic nitrogens is 2. The monoisotopic (exact) mass is 287 g/mol. The topological polar surface area (TPSA) is 77.2 Å². The molecule has 1 aromatic carbocycles. The minimum absolute atomic E-state index is 0.0432. The van der Waals surface area contributed by atoms with Gasteiger partial charge in [-0.1, -0.05) is 0 Å². The van der Waals surface area contributed by atoms with Crippen LogP contribution in [0.15, 0.2) is 28.7 Å². The minimum atomic E-state index is 0.0432. The third-order valence-corrected chi connectivity index (χ3v) is 3.31. The van der Waals surface area contributed by atoms with Gasteiger partial charge in [0, 0.05) is 24.4 Å². The van der Waals surface area contributed by atoms with E-state index < -0.39 is 0 Å². The number of ether oxygens (including phenoxy) is 1. The van der Waals surface area contributed by atoms with Crippen LogP contribution in [-0.2, 0) is 11.2 Å². The van der Waals surface area contributed by atoms with Gasteiger partial charge in [-0.25, -0.2) is 0 Å². The van der Waals surface area contributed by atoms with Crippen LogP contribution in [0.1, 0.15) is 25.2 Å². The lowest BCUT2D eigenvalue weighted by Gasteiger charge is -2.00. The molecule has 0 bridgehead atoms. The normalized spacial score (nSPS) is 14.0. The molecule has 1 heterocycles. The Morgan fingerprint density at radius 3 is 2.76 bits per heavy atom. The summed E-state index contributed by atoms with van der Waals surface area (Å²) < 4.78 is 10.7. The fourth-order valence-electron chi connectivity index (χ4n) is 1.95. The van der Waals surface area contributed by atoms with Gasteiger partial charge < -0.3 is 14.5 Å². The zero-order valence-electron chi connectivity index (χ0n) is 11.8. The van der Waals surface area contributed by atoms with Crippen molar-refractivity contribution in [2.24, 2.45) is 0 Å². The number of hydrogen-bond donors (Lipinski definition) is 1. The lowest BCUT2D eigenvalue weighted by Crippen LogP contribution is -2.25. The number of methoxy groups -OCH3 is 1. The number of hydrogen-bond acceptors (Lipinski definition) is 5. The second-order valence-electron chi connectivity index (χ2n) is 5.07. The molecule has 1 amide bonds. The van der Waals surface area contributed by atoms with Gasteiger partial charge in [0.2, 0.25) is 17.7 Å². The quantitative estimate of drug-likeness (QED) is 0.878. The molecular weight excluding hydrogens is 270 g/mol. The fraction of sp³-hybridized carbons (Fsp3) is 0.400. The summed E-state index contributed by atoms with van der Waals surface area (Å²) in [5, 5.41) is 10.9. The first-order chi connectivity index (χ1) is 10.2. The third kappa shape index (κ3) is 3.59. The summed E-state index contributed by atoms with van der Waals surface area (Å²) in [5.41, 5.74) is 0.831.